The van der Waals surface area contributed by atoms with E-state index in [1.807, 2.05) is 41.3 Å². The van der Waals surface area contributed by atoms with E-state index < -0.39 is 0 Å². The molecule has 2 fully saturated rings. The van der Waals surface area contributed by atoms with Crippen LogP contribution >= 0.6 is 0 Å². The maximum atomic E-state index is 13.9. The van der Waals surface area contributed by atoms with Crippen molar-refractivity contribution in [3.63, 3.8) is 0 Å². The SMILES string of the molecule is O=CCc1ccc(-c2ccccc2[C@@H]2CNC[C@H]2C(=O)N2CCOC[C@@H]2c2ccccc2)cc1. The first-order valence-corrected chi connectivity index (χ1v) is 12.0. The van der Waals surface area contributed by atoms with Gasteiger partial charge in [-0.15, -0.1) is 0 Å². The fourth-order valence-corrected chi connectivity index (χ4v) is 5.30. The molecule has 0 bridgehead atoms. The number of rotatable bonds is 6. The molecule has 174 valence electrons. The molecule has 0 unspecified atom stereocenters. The summed E-state index contributed by atoms with van der Waals surface area (Å²) in [6.07, 6.45) is 1.35. The summed E-state index contributed by atoms with van der Waals surface area (Å²) in [5.41, 5.74) is 5.57. The van der Waals surface area contributed by atoms with Crippen LogP contribution in [-0.2, 0) is 20.7 Å². The van der Waals surface area contributed by atoms with Crippen LogP contribution in [0.2, 0.25) is 0 Å². The van der Waals surface area contributed by atoms with E-state index in [1.165, 1.54) is 5.56 Å². The van der Waals surface area contributed by atoms with E-state index in [-0.39, 0.29) is 23.8 Å². The third-order valence-corrected chi connectivity index (χ3v) is 7.07. The fraction of sp³-hybridized carbons (Fsp3) is 0.310. The second kappa shape index (κ2) is 10.3. The molecule has 5 nitrogen and oxygen atoms in total. The van der Waals surface area contributed by atoms with Crippen molar-refractivity contribution >= 4 is 12.2 Å². The number of carbonyl (C=O) groups excluding carboxylic acids is 2. The van der Waals surface area contributed by atoms with Gasteiger partial charge in [0.15, 0.2) is 0 Å². The highest BCUT2D eigenvalue weighted by Gasteiger charge is 2.40. The first-order valence-electron chi connectivity index (χ1n) is 12.0. The minimum Gasteiger partial charge on any atom is -0.377 e. The van der Waals surface area contributed by atoms with E-state index in [1.54, 1.807) is 0 Å². The van der Waals surface area contributed by atoms with E-state index in [9.17, 15) is 9.59 Å². The number of morpholine rings is 1. The Balaban J connectivity index is 1.43. The standard InChI is InChI=1S/C29H30N2O3/c32-16-14-21-10-12-22(13-11-21)24-8-4-5-9-25(24)26-18-30-19-27(26)29(33)31-15-17-34-20-28(31)23-6-2-1-3-7-23/h1-13,16,26-28,30H,14-15,17-20H2/t26-,27+,28+/m0/s1. The number of hydrogen-bond acceptors (Lipinski definition) is 4. The molecule has 0 radical (unpaired) electrons. The quantitative estimate of drug-likeness (QED) is 0.572. The number of amides is 1. The first-order chi connectivity index (χ1) is 16.8. The van der Waals surface area contributed by atoms with Crippen LogP contribution in [0.3, 0.4) is 0 Å². The monoisotopic (exact) mass is 454 g/mol. The lowest BCUT2D eigenvalue weighted by Gasteiger charge is -2.38. The van der Waals surface area contributed by atoms with Crippen LogP contribution in [0.25, 0.3) is 11.1 Å². The van der Waals surface area contributed by atoms with Gasteiger partial charge in [0, 0.05) is 32.0 Å². The van der Waals surface area contributed by atoms with Gasteiger partial charge in [-0.3, -0.25) is 4.79 Å². The Morgan fingerprint density at radius 1 is 0.971 bits per heavy atom. The van der Waals surface area contributed by atoms with Crippen LogP contribution in [0.5, 0.6) is 0 Å². The van der Waals surface area contributed by atoms with Gasteiger partial charge >= 0.3 is 0 Å². The molecule has 3 atom stereocenters. The molecule has 2 heterocycles. The van der Waals surface area contributed by atoms with Gasteiger partial charge in [0.25, 0.3) is 0 Å². The average molecular weight is 455 g/mol. The zero-order valence-corrected chi connectivity index (χ0v) is 19.2. The molecule has 0 aliphatic carbocycles. The van der Waals surface area contributed by atoms with Gasteiger partial charge in [0.05, 0.1) is 25.2 Å². The van der Waals surface area contributed by atoms with Crippen molar-refractivity contribution < 1.29 is 14.3 Å². The summed E-state index contributed by atoms with van der Waals surface area (Å²) in [5, 5.41) is 3.48. The van der Waals surface area contributed by atoms with E-state index in [4.69, 9.17) is 4.74 Å². The van der Waals surface area contributed by atoms with E-state index in [2.05, 4.69) is 47.8 Å². The van der Waals surface area contributed by atoms with Gasteiger partial charge in [0.1, 0.15) is 6.29 Å². The van der Waals surface area contributed by atoms with Crippen molar-refractivity contribution in [1.82, 2.24) is 10.2 Å². The summed E-state index contributed by atoms with van der Waals surface area (Å²) in [6, 6.07) is 26.7. The average Bonchev–Trinajstić information content (AvgIpc) is 3.39. The van der Waals surface area contributed by atoms with Crippen LogP contribution in [0.15, 0.2) is 78.9 Å². The van der Waals surface area contributed by atoms with Crippen molar-refractivity contribution in [1.29, 1.82) is 0 Å². The molecule has 2 aliphatic rings. The predicted molar refractivity (Wildman–Crippen MR) is 132 cm³/mol. The number of aldehydes is 1. The lowest BCUT2D eigenvalue weighted by molar-refractivity contribution is -0.144. The number of hydrogen-bond donors (Lipinski definition) is 1. The Labute approximate surface area is 200 Å². The molecule has 0 aromatic heterocycles. The van der Waals surface area contributed by atoms with Crippen molar-refractivity contribution in [3.05, 3.63) is 95.6 Å². The van der Waals surface area contributed by atoms with Crippen LogP contribution in [0, 0.1) is 5.92 Å². The smallest absolute Gasteiger partial charge is 0.228 e. The largest absolute Gasteiger partial charge is 0.377 e. The second-order valence-corrected chi connectivity index (χ2v) is 9.06. The Hall–Kier alpha value is -3.28. The van der Waals surface area contributed by atoms with Crippen molar-refractivity contribution in [2.24, 2.45) is 5.92 Å². The second-order valence-electron chi connectivity index (χ2n) is 9.06. The van der Waals surface area contributed by atoms with E-state index in [0.29, 0.717) is 32.7 Å². The Bertz CT molecular complexity index is 1130. The Morgan fingerprint density at radius 3 is 2.53 bits per heavy atom. The number of nitrogens with zero attached hydrogens (tertiary/aromatic N) is 1. The minimum atomic E-state index is -0.125. The van der Waals surface area contributed by atoms with Crippen molar-refractivity contribution in [2.45, 2.75) is 18.4 Å². The molecule has 34 heavy (non-hydrogen) atoms. The zero-order valence-electron chi connectivity index (χ0n) is 19.2. The highest BCUT2D eigenvalue weighted by Crippen LogP contribution is 2.38. The highest BCUT2D eigenvalue weighted by atomic mass is 16.5. The molecule has 3 aromatic carbocycles. The third-order valence-electron chi connectivity index (χ3n) is 7.07. The molecular formula is C29H30N2O3. The summed E-state index contributed by atoms with van der Waals surface area (Å²) in [7, 11) is 0. The van der Waals surface area contributed by atoms with E-state index in [0.717, 1.165) is 35.1 Å². The zero-order chi connectivity index (χ0) is 23.3. The third kappa shape index (κ3) is 4.54. The molecule has 1 N–H and O–H groups in total. The van der Waals surface area contributed by atoms with Gasteiger partial charge in [0.2, 0.25) is 5.91 Å². The fourth-order valence-electron chi connectivity index (χ4n) is 5.30. The highest BCUT2D eigenvalue weighted by molar-refractivity contribution is 5.82. The first kappa shape index (κ1) is 22.5. The Kier molecular flexibility index (Phi) is 6.84. The molecule has 0 saturated carbocycles. The van der Waals surface area contributed by atoms with Crippen LogP contribution in [0.4, 0.5) is 0 Å². The van der Waals surface area contributed by atoms with Crippen molar-refractivity contribution in [2.75, 3.05) is 32.8 Å². The van der Waals surface area contributed by atoms with Gasteiger partial charge in [-0.05, 0) is 27.8 Å². The van der Waals surface area contributed by atoms with Crippen LogP contribution in [0.1, 0.15) is 28.7 Å². The summed E-state index contributed by atoms with van der Waals surface area (Å²) in [4.78, 5) is 26.8. The van der Waals surface area contributed by atoms with Crippen LogP contribution in [-0.4, -0.2) is 49.9 Å². The Morgan fingerprint density at radius 2 is 1.74 bits per heavy atom. The number of carbonyl (C=O) groups is 2. The molecule has 2 aliphatic heterocycles. The maximum absolute atomic E-state index is 13.9. The summed E-state index contributed by atoms with van der Waals surface area (Å²) in [5.74, 6) is 0.167. The summed E-state index contributed by atoms with van der Waals surface area (Å²) in [6.45, 7) is 3.17. The molecule has 1 amide bonds. The predicted octanol–water partition coefficient (Wildman–Crippen LogP) is 4.00. The lowest BCUT2D eigenvalue weighted by atomic mass is 9.83. The van der Waals surface area contributed by atoms with Gasteiger partial charge < -0.3 is 19.7 Å². The minimum absolute atomic E-state index is 0.0516. The summed E-state index contributed by atoms with van der Waals surface area (Å²) >= 11 is 0. The molecule has 3 aromatic rings. The topological polar surface area (TPSA) is 58.6 Å². The number of benzene rings is 3. The summed E-state index contributed by atoms with van der Waals surface area (Å²) < 4.78 is 5.76. The molecular weight excluding hydrogens is 424 g/mol. The maximum Gasteiger partial charge on any atom is 0.228 e. The van der Waals surface area contributed by atoms with Gasteiger partial charge in [-0.2, -0.15) is 0 Å². The molecule has 2 saturated heterocycles. The molecule has 0 spiro atoms. The van der Waals surface area contributed by atoms with E-state index >= 15 is 0 Å². The van der Waals surface area contributed by atoms with Gasteiger partial charge in [-0.1, -0.05) is 78.9 Å². The lowest BCUT2D eigenvalue weighted by Crippen LogP contribution is -2.47. The number of ether oxygens (including phenoxy) is 1. The molecule has 5 heteroatoms. The van der Waals surface area contributed by atoms with Crippen LogP contribution < -0.4 is 5.32 Å². The molecule has 5 rings (SSSR count). The normalized spacial score (nSPS) is 22.5. The van der Waals surface area contributed by atoms with Crippen molar-refractivity contribution in [3.8, 4) is 11.1 Å². The number of nitrogens with one attached hydrogen (secondary N) is 1. The van der Waals surface area contributed by atoms with Gasteiger partial charge in [-0.25, -0.2) is 0 Å².